The highest BCUT2D eigenvalue weighted by Gasteiger charge is 2.35. The van der Waals surface area contributed by atoms with Gasteiger partial charge in [-0.05, 0) is 49.2 Å². The first-order valence-electron chi connectivity index (χ1n) is 12.8. The number of ether oxygens (including phenoxy) is 4. The van der Waals surface area contributed by atoms with Gasteiger partial charge in [-0.25, -0.2) is 9.59 Å². The molecule has 0 amide bonds. The van der Waals surface area contributed by atoms with Gasteiger partial charge in [-0.2, -0.15) is 0 Å². The fourth-order valence-electron chi connectivity index (χ4n) is 4.17. The van der Waals surface area contributed by atoms with Gasteiger partial charge in [0, 0.05) is 29.8 Å². The van der Waals surface area contributed by atoms with Crippen LogP contribution in [0.1, 0.15) is 70.7 Å². The Bertz CT molecular complexity index is 1150. The second-order valence-electron chi connectivity index (χ2n) is 8.79. The normalized spacial score (nSPS) is 10.8. The lowest BCUT2D eigenvalue weighted by molar-refractivity contribution is 0.0662. The second-order valence-corrected chi connectivity index (χ2v) is 8.79. The van der Waals surface area contributed by atoms with Crippen LogP contribution in [0.5, 0.6) is 0 Å². The predicted octanol–water partition coefficient (Wildman–Crippen LogP) is 4.22. The van der Waals surface area contributed by atoms with Crippen LogP contribution in [0.2, 0.25) is 0 Å². The van der Waals surface area contributed by atoms with Gasteiger partial charge in [-0.1, -0.05) is 49.7 Å². The van der Waals surface area contributed by atoms with E-state index >= 15 is 0 Å². The number of carbonyl (C=O) groups is 2. The molecule has 39 heavy (non-hydrogen) atoms. The summed E-state index contributed by atoms with van der Waals surface area (Å²) in [4.78, 5) is 24.6. The molecule has 0 radical (unpaired) electrons. The summed E-state index contributed by atoms with van der Waals surface area (Å²) in [7, 11) is 0. The van der Waals surface area contributed by atoms with Crippen molar-refractivity contribution in [3.05, 3.63) is 69.8 Å². The van der Waals surface area contributed by atoms with Crippen molar-refractivity contribution in [2.75, 3.05) is 52.9 Å². The lowest BCUT2D eigenvalue weighted by Crippen LogP contribution is -2.28. The number of hydrogen-bond acceptors (Lipinski definition) is 6. The molecule has 0 aliphatic rings. The zero-order valence-corrected chi connectivity index (χ0v) is 23.0. The van der Waals surface area contributed by atoms with E-state index < -0.39 is 17.4 Å². The molecular weight excluding hydrogens is 500 g/mol. The molecule has 0 spiro atoms. The summed E-state index contributed by atoms with van der Waals surface area (Å²) in [6, 6.07) is 9.66. The maximum atomic E-state index is 12.3. The number of hydrogen-bond donors (Lipinski definition) is 2. The van der Waals surface area contributed by atoms with Crippen LogP contribution in [0.3, 0.4) is 0 Å². The third-order valence-electron chi connectivity index (χ3n) is 5.79. The Labute approximate surface area is 230 Å². The third kappa shape index (κ3) is 9.24. The van der Waals surface area contributed by atoms with Crippen molar-refractivity contribution >= 4 is 11.9 Å². The minimum atomic E-state index is -1.14. The summed E-state index contributed by atoms with van der Waals surface area (Å²) in [6.07, 6.45) is 0. The van der Waals surface area contributed by atoms with E-state index in [4.69, 9.17) is 18.9 Å². The minimum Gasteiger partial charge on any atom is -0.478 e. The van der Waals surface area contributed by atoms with Crippen LogP contribution in [0.15, 0.2) is 36.4 Å². The van der Waals surface area contributed by atoms with Crippen molar-refractivity contribution < 1.29 is 38.7 Å². The molecule has 0 atom stereocenters. The lowest BCUT2D eigenvalue weighted by Gasteiger charge is -2.31. The van der Waals surface area contributed by atoms with E-state index in [1.807, 2.05) is 13.8 Å². The van der Waals surface area contributed by atoms with Crippen molar-refractivity contribution in [2.24, 2.45) is 0 Å². The summed E-state index contributed by atoms with van der Waals surface area (Å²) in [5, 5.41) is 20.1. The topological polar surface area (TPSA) is 112 Å². The van der Waals surface area contributed by atoms with Crippen LogP contribution < -0.4 is 0 Å². The third-order valence-corrected chi connectivity index (χ3v) is 5.79. The number of aromatic carboxylic acids is 2. The van der Waals surface area contributed by atoms with Crippen LogP contribution in [0, 0.1) is 23.7 Å². The fraction of sp³-hybridized carbons (Fsp3) is 0.419. The largest absolute Gasteiger partial charge is 0.478 e. The predicted molar refractivity (Wildman–Crippen MR) is 147 cm³/mol. The van der Waals surface area contributed by atoms with E-state index in [0.29, 0.717) is 61.9 Å². The first-order chi connectivity index (χ1) is 18.8. The maximum absolute atomic E-state index is 12.3. The number of carboxylic acids is 2. The van der Waals surface area contributed by atoms with E-state index in [1.165, 1.54) is 12.1 Å². The molecule has 0 bridgehead atoms. The van der Waals surface area contributed by atoms with Crippen molar-refractivity contribution in [2.45, 2.75) is 33.1 Å². The molecule has 8 nitrogen and oxygen atoms in total. The van der Waals surface area contributed by atoms with Gasteiger partial charge in [0.05, 0.1) is 37.6 Å². The molecular formula is C31H36O8. The first kappa shape index (κ1) is 31.6. The summed E-state index contributed by atoms with van der Waals surface area (Å²) < 4.78 is 21.4. The standard InChI is InChI=1S/C31H36O8/c1-5-36-19-21-38-17-9-13-23-11-7-15-25(29(32)33)27(23)31(3,4)28-24(12-8-16-26(28)30(34)35)14-10-18-39-22-20-37-6-2/h7-8,11-12,15-16H,5-6,17-22H2,1-4H3,(H,32,33)(H,34,35). The fourth-order valence-corrected chi connectivity index (χ4v) is 4.17. The number of benzene rings is 2. The molecule has 0 aliphatic carbocycles. The average Bonchev–Trinajstić information content (AvgIpc) is 2.91. The molecule has 0 unspecified atom stereocenters. The monoisotopic (exact) mass is 536 g/mol. The van der Waals surface area contributed by atoms with Crippen molar-refractivity contribution in [3.63, 3.8) is 0 Å². The van der Waals surface area contributed by atoms with Crippen molar-refractivity contribution in [1.82, 2.24) is 0 Å². The highest BCUT2D eigenvalue weighted by molar-refractivity contribution is 5.94. The van der Waals surface area contributed by atoms with Crippen LogP contribution in [-0.2, 0) is 24.4 Å². The van der Waals surface area contributed by atoms with E-state index in [2.05, 4.69) is 23.7 Å². The molecule has 2 rings (SSSR count). The molecule has 0 heterocycles. The molecule has 0 aromatic heterocycles. The van der Waals surface area contributed by atoms with E-state index in [-0.39, 0.29) is 24.3 Å². The summed E-state index contributed by atoms with van der Waals surface area (Å²) in [5.41, 5.74) is 0.681. The van der Waals surface area contributed by atoms with Gasteiger partial charge < -0.3 is 29.2 Å². The zero-order chi connectivity index (χ0) is 28.7. The summed E-state index contributed by atoms with van der Waals surface area (Å²) >= 11 is 0. The van der Waals surface area contributed by atoms with Crippen molar-refractivity contribution in [1.29, 1.82) is 0 Å². The van der Waals surface area contributed by atoms with Crippen LogP contribution in [0.25, 0.3) is 0 Å². The molecule has 2 aromatic carbocycles. The van der Waals surface area contributed by atoms with Gasteiger partial charge in [0.2, 0.25) is 0 Å². The van der Waals surface area contributed by atoms with Gasteiger partial charge >= 0.3 is 11.9 Å². The molecule has 0 fully saturated rings. The Hall–Kier alpha value is -3.66. The molecule has 0 saturated heterocycles. The molecule has 208 valence electrons. The Morgan fingerprint density at radius 3 is 1.44 bits per heavy atom. The van der Waals surface area contributed by atoms with Crippen LogP contribution in [-0.4, -0.2) is 75.0 Å². The highest BCUT2D eigenvalue weighted by atomic mass is 16.5. The smallest absolute Gasteiger partial charge is 0.336 e. The molecule has 8 heteroatoms. The number of rotatable bonds is 14. The molecule has 2 aromatic rings. The van der Waals surface area contributed by atoms with Gasteiger partial charge in [0.25, 0.3) is 0 Å². The maximum Gasteiger partial charge on any atom is 0.336 e. The molecule has 0 aliphatic heterocycles. The summed E-state index contributed by atoms with van der Waals surface area (Å²) in [5.74, 6) is 9.63. The van der Waals surface area contributed by atoms with Gasteiger partial charge in [-0.3, -0.25) is 0 Å². The Balaban J connectivity index is 2.54. The van der Waals surface area contributed by atoms with Gasteiger partial charge in [0.15, 0.2) is 0 Å². The minimum absolute atomic E-state index is 0.0300. The Kier molecular flexibility index (Phi) is 13.2. The quantitative estimate of drug-likeness (QED) is 0.273. The van der Waals surface area contributed by atoms with Crippen LogP contribution in [0.4, 0.5) is 0 Å². The SMILES string of the molecule is CCOCCOCC#Cc1cccc(C(=O)O)c1C(C)(C)c1c(C#CCOCCOCC)cccc1C(=O)O. The molecule has 0 saturated carbocycles. The van der Waals surface area contributed by atoms with E-state index in [0.717, 1.165) is 0 Å². The van der Waals surface area contributed by atoms with Gasteiger partial charge in [0.1, 0.15) is 13.2 Å². The second kappa shape index (κ2) is 16.3. The number of carboxylic acid groups (broad SMARTS) is 2. The molecule has 2 N–H and O–H groups in total. The zero-order valence-electron chi connectivity index (χ0n) is 23.0. The Morgan fingerprint density at radius 1 is 0.692 bits per heavy atom. The average molecular weight is 537 g/mol. The van der Waals surface area contributed by atoms with E-state index in [1.54, 1.807) is 38.1 Å². The van der Waals surface area contributed by atoms with Crippen molar-refractivity contribution in [3.8, 4) is 23.7 Å². The summed E-state index contributed by atoms with van der Waals surface area (Å²) in [6.45, 7) is 10.5. The van der Waals surface area contributed by atoms with Crippen LogP contribution >= 0.6 is 0 Å². The Morgan fingerprint density at radius 2 is 1.08 bits per heavy atom. The van der Waals surface area contributed by atoms with E-state index in [9.17, 15) is 19.8 Å². The first-order valence-corrected chi connectivity index (χ1v) is 12.8. The highest BCUT2D eigenvalue weighted by Crippen LogP contribution is 2.39. The lowest BCUT2D eigenvalue weighted by atomic mass is 9.70. The van der Waals surface area contributed by atoms with Gasteiger partial charge in [-0.15, -0.1) is 0 Å².